The molecule has 140 valence electrons. The second kappa shape index (κ2) is 9.75. The zero-order chi connectivity index (χ0) is 18.9. The molecule has 0 aliphatic heterocycles. The molecule has 0 aliphatic carbocycles. The van der Waals surface area contributed by atoms with Crippen LogP contribution in [0, 0.1) is 0 Å². The van der Waals surface area contributed by atoms with Crippen LogP contribution in [-0.2, 0) is 5.75 Å². The van der Waals surface area contributed by atoms with Gasteiger partial charge in [0.2, 0.25) is 0 Å². The van der Waals surface area contributed by atoms with Crippen molar-refractivity contribution in [3.63, 3.8) is 0 Å². The van der Waals surface area contributed by atoms with Crippen LogP contribution in [0.5, 0.6) is 0 Å². The van der Waals surface area contributed by atoms with Crippen molar-refractivity contribution in [1.82, 2.24) is 20.1 Å². The highest BCUT2D eigenvalue weighted by atomic mass is 32.2. The van der Waals surface area contributed by atoms with Gasteiger partial charge >= 0.3 is 0 Å². The number of nitrogens with zero attached hydrogens (tertiary/aromatic N) is 3. The molecule has 7 nitrogen and oxygen atoms in total. The molecule has 27 heavy (non-hydrogen) atoms. The van der Waals surface area contributed by atoms with Gasteiger partial charge in [-0.15, -0.1) is 0 Å². The quantitative estimate of drug-likeness (QED) is 0.551. The highest BCUT2D eigenvalue weighted by Gasteiger charge is 2.18. The number of aromatic amines is 1. The number of thioether (sulfide) groups is 1. The van der Waals surface area contributed by atoms with E-state index in [4.69, 9.17) is 4.42 Å². The summed E-state index contributed by atoms with van der Waals surface area (Å²) in [6.45, 7) is 0.512. The molecule has 3 rings (SSSR count). The van der Waals surface area contributed by atoms with Crippen LogP contribution in [0.15, 0.2) is 64.4 Å². The van der Waals surface area contributed by atoms with Crippen molar-refractivity contribution in [2.24, 2.45) is 0 Å². The van der Waals surface area contributed by atoms with Crippen LogP contribution in [-0.4, -0.2) is 50.8 Å². The van der Waals surface area contributed by atoms with Crippen molar-refractivity contribution in [2.45, 2.75) is 10.9 Å². The molecule has 3 aromatic rings. The number of aromatic nitrogens is 3. The maximum Gasteiger partial charge on any atom is 0.289 e. The van der Waals surface area contributed by atoms with Crippen LogP contribution in [0.3, 0.4) is 0 Å². The molecule has 0 saturated heterocycles. The van der Waals surface area contributed by atoms with E-state index >= 15 is 0 Å². The van der Waals surface area contributed by atoms with Gasteiger partial charge in [-0.25, -0.2) is 4.98 Å². The minimum absolute atomic E-state index is 0.111. The molecule has 1 amide bonds. The number of hydrogen-bond acceptors (Lipinski definition) is 6. The van der Waals surface area contributed by atoms with E-state index in [9.17, 15) is 9.90 Å². The second-order valence-electron chi connectivity index (χ2n) is 5.63. The summed E-state index contributed by atoms with van der Waals surface area (Å²) in [7, 11) is 0. The van der Waals surface area contributed by atoms with E-state index in [1.165, 1.54) is 18.1 Å². The van der Waals surface area contributed by atoms with Crippen molar-refractivity contribution < 1.29 is 14.3 Å². The number of H-pyrrole nitrogens is 1. The Kier molecular flexibility index (Phi) is 6.84. The molecule has 2 N–H and O–H groups in total. The normalized spacial score (nSPS) is 11.1. The number of aliphatic hydroxyl groups excluding tert-OH is 1. The lowest BCUT2D eigenvalue weighted by atomic mass is 10.2. The Balaban J connectivity index is 1.59. The van der Waals surface area contributed by atoms with Crippen LogP contribution in [0.25, 0.3) is 6.08 Å². The van der Waals surface area contributed by atoms with Gasteiger partial charge in [0.05, 0.1) is 12.4 Å². The highest BCUT2D eigenvalue weighted by Crippen LogP contribution is 2.20. The molecular formula is C19H20N4O3S. The van der Waals surface area contributed by atoms with E-state index in [1.54, 1.807) is 17.0 Å². The third-order valence-corrected chi connectivity index (χ3v) is 4.61. The van der Waals surface area contributed by atoms with Crippen LogP contribution in [0.2, 0.25) is 0 Å². The number of hydrogen-bond donors (Lipinski definition) is 2. The highest BCUT2D eigenvalue weighted by molar-refractivity contribution is 7.98. The number of carbonyl (C=O) groups is 1. The van der Waals surface area contributed by atoms with Crippen molar-refractivity contribution in [1.29, 1.82) is 0 Å². The maximum atomic E-state index is 12.7. The Morgan fingerprint density at radius 3 is 2.85 bits per heavy atom. The number of nitrogens with one attached hydrogen (secondary N) is 1. The van der Waals surface area contributed by atoms with Gasteiger partial charge in [-0.05, 0) is 17.7 Å². The first-order valence-corrected chi connectivity index (χ1v) is 9.43. The lowest BCUT2D eigenvalue weighted by Gasteiger charge is -2.18. The number of amides is 1. The molecule has 0 unspecified atom stereocenters. The van der Waals surface area contributed by atoms with Crippen molar-refractivity contribution in [3.8, 4) is 0 Å². The third-order valence-electron chi connectivity index (χ3n) is 3.71. The van der Waals surface area contributed by atoms with Gasteiger partial charge in [0.1, 0.15) is 12.1 Å². The van der Waals surface area contributed by atoms with E-state index < -0.39 is 0 Å². The number of furan rings is 1. The Hall–Kier alpha value is -2.84. The predicted octanol–water partition coefficient (Wildman–Crippen LogP) is 2.84. The van der Waals surface area contributed by atoms with Gasteiger partial charge in [0.15, 0.2) is 10.9 Å². The third kappa shape index (κ3) is 5.57. The summed E-state index contributed by atoms with van der Waals surface area (Å²) in [4.78, 5) is 18.3. The van der Waals surface area contributed by atoms with Gasteiger partial charge in [0.25, 0.3) is 5.91 Å². The SMILES string of the molecule is O=C(c1ccc(CSc2ncn[nH]2)o1)N(CC=Cc1ccccc1)CCO. The molecule has 0 spiro atoms. The first-order chi connectivity index (χ1) is 13.3. The van der Waals surface area contributed by atoms with Crippen LogP contribution in [0.1, 0.15) is 21.9 Å². The number of rotatable bonds is 9. The fourth-order valence-corrected chi connectivity index (χ4v) is 3.08. The molecule has 0 bridgehead atoms. The van der Waals surface area contributed by atoms with E-state index in [1.807, 2.05) is 42.5 Å². The second-order valence-corrected chi connectivity index (χ2v) is 6.60. The first-order valence-electron chi connectivity index (χ1n) is 8.45. The molecule has 0 atom stereocenters. The van der Waals surface area contributed by atoms with Crippen molar-refractivity contribution in [3.05, 3.63) is 72.0 Å². The summed E-state index contributed by atoms with van der Waals surface area (Å²) in [6.07, 6.45) is 5.28. The molecule has 1 aromatic carbocycles. The van der Waals surface area contributed by atoms with Crippen LogP contribution < -0.4 is 0 Å². The van der Waals surface area contributed by atoms with E-state index in [-0.39, 0.29) is 24.8 Å². The van der Waals surface area contributed by atoms with Crippen LogP contribution >= 0.6 is 11.8 Å². The summed E-state index contributed by atoms with van der Waals surface area (Å²) in [5.74, 6) is 1.21. The number of benzene rings is 1. The topological polar surface area (TPSA) is 95.2 Å². The summed E-state index contributed by atoms with van der Waals surface area (Å²) in [5, 5.41) is 16.5. The Bertz CT molecular complexity index is 862. The van der Waals surface area contributed by atoms with Crippen molar-refractivity contribution in [2.75, 3.05) is 19.7 Å². The number of aliphatic hydroxyl groups is 1. The smallest absolute Gasteiger partial charge is 0.289 e. The summed E-state index contributed by atoms with van der Waals surface area (Å²) in [6, 6.07) is 13.3. The lowest BCUT2D eigenvalue weighted by Crippen LogP contribution is -2.33. The van der Waals surface area contributed by atoms with E-state index in [0.717, 1.165) is 5.56 Å². The largest absolute Gasteiger partial charge is 0.455 e. The summed E-state index contributed by atoms with van der Waals surface area (Å²) >= 11 is 1.44. The molecule has 0 radical (unpaired) electrons. The molecule has 8 heteroatoms. The van der Waals surface area contributed by atoms with Gasteiger partial charge in [0, 0.05) is 13.1 Å². The molecular weight excluding hydrogens is 364 g/mol. The van der Waals surface area contributed by atoms with Crippen molar-refractivity contribution >= 4 is 23.7 Å². The number of carbonyl (C=O) groups excluding carboxylic acids is 1. The van der Waals surface area contributed by atoms with E-state index in [0.29, 0.717) is 23.2 Å². The first kappa shape index (κ1) is 18.9. The molecule has 2 aromatic heterocycles. The lowest BCUT2D eigenvalue weighted by molar-refractivity contribution is 0.0710. The van der Waals surface area contributed by atoms with Gasteiger partial charge in [-0.3, -0.25) is 9.89 Å². The van der Waals surface area contributed by atoms with Crippen LogP contribution in [0.4, 0.5) is 0 Å². The summed E-state index contributed by atoms with van der Waals surface area (Å²) < 4.78 is 5.66. The van der Waals surface area contributed by atoms with Gasteiger partial charge < -0.3 is 14.4 Å². The zero-order valence-electron chi connectivity index (χ0n) is 14.6. The average Bonchev–Trinajstić information content (AvgIpc) is 3.38. The Morgan fingerprint density at radius 2 is 2.11 bits per heavy atom. The fraction of sp³-hybridized carbons (Fsp3) is 0.211. The molecule has 0 saturated carbocycles. The van der Waals surface area contributed by atoms with Gasteiger partial charge in [-0.1, -0.05) is 54.2 Å². The predicted molar refractivity (Wildman–Crippen MR) is 103 cm³/mol. The molecule has 0 aliphatic rings. The Labute approximate surface area is 161 Å². The molecule has 2 heterocycles. The zero-order valence-corrected chi connectivity index (χ0v) is 15.4. The minimum Gasteiger partial charge on any atom is -0.455 e. The fourth-order valence-electron chi connectivity index (χ4n) is 2.41. The summed E-state index contributed by atoms with van der Waals surface area (Å²) in [5.41, 5.74) is 1.05. The average molecular weight is 384 g/mol. The maximum absolute atomic E-state index is 12.7. The minimum atomic E-state index is -0.252. The monoisotopic (exact) mass is 384 g/mol. The van der Waals surface area contributed by atoms with E-state index in [2.05, 4.69) is 15.2 Å². The molecule has 0 fully saturated rings. The Morgan fingerprint density at radius 1 is 1.26 bits per heavy atom. The standard InChI is InChI=1S/C19H20N4O3S/c24-12-11-23(10-4-7-15-5-2-1-3-6-15)18(25)17-9-8-16(26-17)13-27-19-20-14-21-22-19/h1-9,14,24H,10-13H2,(H,20,21,22). The van der Waals surface area contributed by atoms with Gasteiger partial charge in [-0.2, -0.15) is 5.10 Å².